The summed E-state index contributed by atoms with van der Waals surface area (Å²) in [5, 5.41) is 7.35. The number of nitrogens with one attached hydrogen (secondary N) is 2. The minimum Gasteiger partial charge on any atom is -0.375 e. The Morgan fingerprint density at radius 2 is 2.18 bits per heavy atom. The van der Waals surface area contributed by atoms with Gasteiger partial charge in [0, 0.05) is 37.4 Å². The highest BCUT2D eigenvalue weighted by Gasteiger charge is 2.17. The minimum atomic E-state index is 0.244. The van der Waals surface area contributed by atoms with Gasteiger partial charge in [0.15, 0.2) is 5.96 Å². The number of pyridine rings is 1. The molecule has 0 aliphatic carbocycles. The Balaban J connectivity index is 1.57. The Labute approximate surface area is 172 Å². The van der Waals surface area contributed by atoms with Gasteiger partial charge in [-0.15, -0.1) is 0 Å². The van der Waals surface area contributed by atoms with E-state index < -0.39 is 0 Å². The molecule has 1 saturated heterocycles. The SMILES string of the molecule is CCNC(=NCc1ccc(N2CCOC(C)C2)nc1)NCc1cccc(Cl)c1. The smallest absolute Gasteiger partial charge is 0.191 e. The van der Waals surface area contributed by atoms with E-state index in [9.17, 15) is 0 Å². The molecular formula is C21H28ClN5O. The van der Waals surface area contributed by atoms with Crippen molar-refractivity contribution in [1.82, 2.24) is 15.6 Å². The second-order valence-electron chi connectivity index (χ2n) is 6.83. The molecule has 2 aromatic rings. The number of nitrogens with zero attached hydrogens (tertiary/aromatic N) is 3. The number of hydrogen-bond donors (Lipinski definition) is 2. The van der Waals surface area contributed by atoms with Crippen LogP contribution >= 0.6 is 11.6 Å². The zero-order chi connectivity index (χ0) is 19.8. The Morgan fingerprint density at radius 3 is 2.89 bits per heavy atom. The quantitative estimate of drug-likeness (QED) is 0.575. The highest BCUT2D eigenvalue weighted by atomic mass is 35.5. The monoisotopic (exact) mass is 401 g/mol. The summed E-state index contributed by atoms with van der Waals surface area (Å²) in [6.07, 6.45) is 2.15. The lowest BCUT2D eigenvalue weighted by Gasteiger charge is -2.32. The lowest BCUT2D eigenvalue weighted by atomic mass is 10.2. The molecule has 0 amide bonds. The molecule has 150 valence electrons. The van der Waals surface area contributed by atoms with E-state index in [0.717, 1.165) is 54.2 Å². The van der Waals surface area contributed by atoms with Crippen LogP contribution in [0.5, 0.6) is 0 Å². The maximum atomic E-state index is 6.05. The van der Waals surface area contributed by atoms with Crippen LogP contribution in [0.2, 0.25) is 5.02 Å². The summed E-state index contributed by atoms with van der Waals surface area (Å²) in [7, 11) is 0. The number of morpholine rings is 1. The average Bonchev–Trinajstić information content (AvgIpc) is 2.70. The molecule has 1 aromatic carbocycles. The number of aliphatic imine (C=N–C) groups is 1. The van der Waals surface area contributed by atoms with Crippen LogP contribution in [0.15, 0.2) is 47.6 Å². The Kier molecular flexibility index (Phi) is 7.51. The topological polar surface area (TPSA) is 61.8 Å². The highest BCUT2D eigenvalue weighted by molar-refractivity contribution is 6.30. The first kappa shape index (κ1) is 20.4. The zero-order valence-electron chi connectivity index (χ0n) is 16.5. The molecule has 7 heteroatoms. The molecule has 6 nitrogen and oxygen atoms in total. The fourth-order valence-electron chi connectivity index (χ4n) is 3.07. The number of aromatic nitrogens is 1. The van der Waals surface area contributed by atoms with Crippen LogP contribution in [0.3, 0.4) is 0 Å². The van der Waals surface area contributed by atoms with Gasteiger partial charge in [0.25, 0.3) is 0 Å². The van der Waals surface area contributed by atoms with Crippen LogP contribution in [-0.4, -0.2) is 43.3 Å². The number of hydrogen-bond acceptors (Lipinski definition) is 4. The normalized spacial score (nSPS) is 17.5. The third kappa shape index (κ3) is 6.11. The van der Waals surface area contributed by atoms with Crippen LogP contribution < -0.4 is 15.5 Å². The van der Waals surface area contributed by atoms with Gasteiger partial charge in [0.05, 0.1) is 19.3 Å². The van der Waals surface area contributed by atoms with E-state index in [4.69, 9.17) is 16.3 Å². The van der Waals surface area contributed by atoms with Crippen molar-refractivity contribution in [1.29, 1.82) is 0 Å². The van der Waals surface area contributed by atoms with Crippen molar-refractivity contribution in [3.05, 3.63) is 58.7 Å². The summed E-state index contributed by atoms with van der Waals surface area (Å²) < 4.78 is 5.59. The van der Waals surface area contributed by atoms with E-state index in [2.05, 4.69) is 51.5 Å². The zero-order valence-corrected chi connectivity index (χ0v) is 17.2. The molecular weight excluding hydrogens is 374 g/mol. The minimum absolute atomic E-state index is 0.244. The van der Waals surface area contributed by atoms with Crippen molar-refractivity contribution < 1.29 is 4.74 Å². The number of rotatable bonds is 6. The van der Waals surface area contributed by atoms with Crippen molar-refractivity contribution in [2.45, 2.75) is 33.0 Å². The predicted octanol–water partition coefficient (Wildman–Crippen LogP) is 3.22. The van der Waals surface area contributed by atoms with E-state index in [1.807, 2.05) is 30.5 Å². The maximum absolute atomic E-state index is 6.05. The van der Waals surface area contributed by atoms with Crippen molar-refractivity contribution >= 4 is 23.4 Å². The molecule has 2 N–H and O–H groups in total. The van der Waals surface area contributed by atoms with Gasteiger partial charge >= 0.3 is 0 Å². The summed E-state index contributed by atoms with van der Waals surface area (Å²) in [5.74, 6) is 1.77. The molecule has 28 heavy (non-hydrogen) atoms. The van der Waals surface area contributed by atoms with E-state index in [1.165, 1.54) is 0 Å². The van der Waals surface area contributed by atoms with Gasteiger partial charge in [-0.25, -0.2) is 9.98 Å². The molecule has 1 fully saturated rings. The number of benzene rings is 1. The van der Waals surface area contributed by atoms with Gasteiger partial charge in [-0.05, 0) is 43.2 Å². The van der Waals surface area contributed by atoms with Crippen molar-refractivity contribution in [3.63, 3.8) is 0 Å². The molecule has 1 aromatic heterocycles. The molecule has 0 spiro atoms. The fourth-order valence-corrected chi connectivity index (χ4v) is 3.28. The highest BCUT2D eigenvalue weighted by Crippen LogP contribution is 2.16. The van der Waals surface area contributed by atoms with Crippen molar-refractivity contribution in [3.8, 4) is 0 Å². The van der Waals surface area contributed by atoms with Gasteiger partial charge in [0.1, 0.15) is 5.82 Å². The van der Waals surface area contributed by atoms with Gasteiger partial charge in [-0.2, -0.15) is 0 Å². The molecule has 1 aliphatic heterocycles. The predicted molar refractivity (Wildman–Crippen MR) is 115 cm³/mol. The first-order valence-electron chi connectivity index (χ1n) is 9.72. The van der Waals surface area contributed by atoms with Gasteiger partial charge < -0.3 is 20.3 Å². The molecule has 0 bridgehead atoms. The molecule has 0 radical (unpaired) electrons. The maximum Gasteiger partial charge on any atom is 0.191 e. The van der Waals surface area contributed by atoms with E-state index in [-0.39, 0.29) is 6.10 Å². The number of halogens is 1. The van der Waals surface area contributed by atoms with Gasteiger partial charge in [-0.3, -0.25) is 0 Å². The molecule has 2 heterocycles. The molecule has 1 atom stereocenters. The van der Waals surface area contributed by atoms with Crippen LogP contribution in [0.4, 0.5) is 5.82 Å². The van der Waals surface area contributed by atoms with E-state index >= 15 is 0 Å². The summed E-state index contributed by atoms with van der Waals surface area (Å²) in [4.78, 5) is 11.5. The second kappa shape index (κ2) is 10.3. The largest absolute Gasteiger partial charge is 0.375 e. The Hall–Kier alpha value is -2.31. The molecule has 0 saturated carbocycles. The third-order valence-corrected chi connectivity index (χ3v) is 4.72. The fraction of sp³-hybridized carbons (Fsp3) is 0.429. The van der Waals surface area contributed by atoms with Gasteiger partial charge in [-0.1, -0.05) is 29.8 Å². The number of guanidine groups is 1. The number of ether oxygens (including phenoxy) is 1. The Bertz CT molecular complexity index is 781. The number of anilines is 1. The molecule has 3 rings (SSSR count). The standard InChI is InChI=1S/C21H28ClN5O/c1-3-23-21(25-12-17-5-4-6-19(22)11-17)26-14-18-7-8-20(24-13-18)27-9-10-28-16(2)15-27/h4-8,11,13,16H,3,9-10,12,14-15H2,1-2H3,(H2,23,25,26). The van der Waals surface area contributed by atoms with E-state index in [1.54, 1.807) is 0 Å². The third-order valence-electron chi connectivity index (χ3n) is 4.49. The van der Waals surface area contributed by atoms with Crippen LogP contribution in [0.1, 0.15) is 25.0 Å². The van der Waals surface area contributed by atoms with Crippen LogP contribution in [-0.2, 0) is 17.8 Å². The first-order chi connectivity index (χ1) is 13.6. The summed E-state index contributed by atoms with van der Waals surface area (Å²) in [6, 6.07) is 12.0. The average molecular weight is 402 g/mol. The van der Waals surface area contributed by atoms with E-state index in [0.29, 0.717) is 13.1 Å². The summed E-state index contributed by atoms with van der Waals surface area (Å²) in [6.45, 7) is 8.68. The van der Waals surface area contributed by atoms with Crippen molar-refractivity contribution in [2.75, 3.05) is 31.1 Å². The lowest BCUT2D eigenvalue weighted by molar-refractivity contribution is 0.0529. The van der Waals surface area contributed by atoms with Crippen LogP contribution in [0, 0.1) is 0 Å². The Morgan fingerprint density at radius 1 is 1.29 bits per heavy atom. The summed E-state index contributed by atoms with van der Waals surface area (Å²) in [5.41, 5.74) is 2.19. The molecule has 1 aliphatic rings. The van der Waals surface area contributed by atoms with Crippen molar-refractivity contribution in [2.24, 2.45) is 4.99 Å². The van der Waals surface area contributed by atoms with Gasteiger partial charge in [0.2, 0.25) is 0 Å². The second-order valence-corrected chi connectivity index (χ2v) is 7.27. The molecule has 1 unspecified atom stereocenters. The van der Waals surface area contributed by atoms with Crippen LogP contribution in [0.25, 0.3) is 0 Å². The summed E-state index contributed by atoms with van der Waals surface area (Å²) >= 11 is 6.05. The lowest BCUT2D eigenvalue weighted by Crippen LogP contribution is -2.41. The first-order valence-corrected chi connectivity index (χ1v) is 10.1.